The Labute approximate surface area is 154 Å². The number of aliphatic hydroxyl groups is 1. The monoisotopic (exact) mass is 363 g/mol. The van der Waals surface area contributed by atoms with E-state index < -0.39 is 5.60 Å². The Hall–Kier alpha value is -1.85. The molecule has 0 radical (unpaired) electrons. The molecule has 0 aliphatic rings. The molecule has 1 aromatic heterocycles. The zero-order valence-corrected chi connectivity index (χ0v) is 16.2. The van der Waals surface area contributed by atoms with Crippen molar-refractivity contribution in [3.63, 3.8) is 0 Å². The van der Waals surface area contributed by atoms with Gasteiger partial charge in [-0.15, -0.1) is 0 Å². The maximum absolute atomic E-state index is 12.4. The average molecular weight is 364 g/mol. The van der Waals surface area contributed by atoms with Gasteiger partial charge in [0.2, 0.25) is 5.91 Å². The molecule has 0 fully saturated rings. The SMILES string of the molecule is Cc1nn(CC(C)(C)O)c(C)c1CC(=O)NCc1cccc(Cl)c1C. The van der Waals surface area contributed by atoms with Crippen molar-refractivity contribution in [3.8, 4) is 0 Å². The van der Waals surface area contributed by atoms with Crippen molar-refractivity contribution in [2.75, 3.05) is 0 Å². The van der Waals surface area contributed by atoms with Crippen LogP contribution in [0.5, 0.6) is 0 Å². The molecule has 2 N–H and O–H groups in total. The van der Waals surface area contributed by atoms with Crippen LogP contribution >= 0.6 is 11.6 Å². The number of aromatic nitrogens is 2. The number of amides is 1. The van der Waals surface area contributed by atoms with Crippen LogP contribution in [-0.2, 0) is 24.3 Å². The van der Waals surface area contributed by atoms with Crippen LogP contribution in [0.4, 0.5) is 0 Å². The predicted molar refractivity (Wildman–Crippen MR) is 99.7 cm³/mol. The Kier molecular flexibility index (Phi) is 5.91. The second kappa shape index (κ2) is 7.58. The molecule has 1 aromatic carbocycles. The van der Waals surface area contributed by atoms with E-state index in [0.717, 1.165) is 28.1 Å². The van der Waals surface area contributed by atoms with Crippen molar-refractivity contribution in [1.82, 2.24) is 15.1 Å². The highest BCUT2D eigenvalue weighted by atomic mass is 35.5. The van der Waals surface area contributed by atoms with Gasteiger partial charge >= 0.3 is 0 Å². The minimum atomic E-state index is -0.854. The van der Waals surface area contributed by atoms with E-state index in [0.29, 0.717) is 18.1 Å². The number of benzene rings is 1. The van der Waals surface area contributed by atoms with Gasteiger partial charge in [-0.3, -0.25) is 9.48 Å². The van der Waals surface area contributed by atoms with Crippen LogP contribution in [0.15, 0.2) is 18.2 Å². The summed E-state index contributed by atoms with van der Waals surface area (Å²) in [5.74, 6) is -0.0617. The Morgan fingerprint density at radius 2 is 2.00 bits per heavy atom. The molecular formula is C19H26ClN3O2. The zero-order chi connectivity index (χ0) is 18.8. The van der Waals surface area contributed by atoms with Crippen LogP contribution < -0.4 is 5.32 Å². The third kappa shape index (κ3) is 5.06. The molecule has 0 aliphatic heterocycles. The van der Waals surface area contributed by atoms with Crippen molar-refractivity contribution < 1.29 is 9.90 Å². The Morgan fingerprint density at radius 1 is 1.32 bits per heavy atom. The molecule has 136 valence electrons. The molecule has 5 nitrogen and oxygen atoms in total. The number of halogens is 1. The van der Waals surface area contributed by atoms with E-state index in [1.54, 1.807) is 18.5 Å². The van der Waals surface area contributed by atoms with Gasteiger partial charge in [0.15, 0.2) is 0 Å². The lowest BCUT2D eigenvalue weighted by molar-refractivity contribution is -0.120. The lowest BCUT2D eigenvalue weighted by atomic mass is 10.1. The minimum absolute atomic E-state index is 0.0617. The van der Waals surface area contributed by atoms with E-state index in [1.165, 1.54) is 0 Å². The minimum Gasteiger partial charge on any atom is -0.389 e. The van der Waals surface area contributed by atoms with Gasteiger partial charge in [0.25, 0.3) is 0 Å². The zero-order valence-electron chi connectivity index (χ0n) is 15.5. The van der Waals surface area contributed by atoms with Crippen molar-refractivity contribution in [2.24, 2.45) is 0 Å². The van der Waals surface area contributed by atoms with Crippen LogP contribution in [0.3, 0.4) is 0 Å². The predicted octanol–water partition coefficient (Wildman–Crippen LogP) is 3.09. The molecule has 0 spiro atoms. The molecule has 0 saturated carbocycles. The molecule has 1 heterocycles. The molecule has 2 rings (SSSR count). The third-order valence-corrected chi connectivity index (χ3v) is 4.67. The lowest BCUT2D eigenvalue weighted by Crippen LogP contribution is -2.27. The number of carbonyl (C=O) groups excluding carboxylic acids is 1. The number of rotatable bonds is 6. The van der Waals surface area contributed by atoms with Crippen molar-refractivity contribution >= 4 is 17.5 Å². The molecule has 0 saturated heterocycles. The maximum Gasteiger partial charge on any atom is 0.224 e. The van der Waals surface area contributed by atoms with Gasteiger partial charge < -0.3 is 10.4 Å². The van der Waals surface area contributed by atoms with E-state index in [-0.39, 0.29) is 12.3 Å². The molecule has 2 aromatic rings. The van der Waals surface area contributed by atoms with Gasteiger partial charge in [0.05, 0.1) is 24.3 Å². The Bertz CT molecular complexity index is 776. The van der Waals surface area contributed by atoms with Gasteiger partial charge in [-0.2, -0.15) is 5.10 Å². The summed E-state index contributed by atoms with van der Waals surface area (Å²) in [6, 6.07) is 5.68. The van der Waals surface area contributed by atoms with Gasteiger partial charge in [-0.05, 0) is 51.8 Å². The third-order valence-electron chi connectivity index (χ3n) is 4.26. The topological polar surface area (TPSA) is 67.1 Å². The van der Waals surface area contributed by atoms with Crippen molar-refractivity contribution in [3.05, 3.63) is 51.3 Å². The van der Waals surface area contributed by atoms with Gasteiger partial charge in [0.1, 0.15) is 0 Å². The standard InChI is InChI=1S/C19H26ClN3O2/c1-12-15(7-6-8-17(12)20)10-21-18(24)9-16-13(2)22-23(14(16)3)11-19(4,5)25/h6-8,25H,9-11H2,1-5H3,(H,21,24). The van der Waals surface area contributed by atoms with E-state index in [1.807, 2.05) is 39.0 Å². The number of nitrogens with zero attached hydrogens (tertiary/aromatic N) is 2. The first-order valence-electron chi connectivity index (χ1n) is 8.34. The number of nitrogens with one attached hydrogen (secondary N) is 1. The van der Waals surface area contributed by atoms with E-state index in [2.05, 4.69) is 10.4 Å². The fraction of sp³-hybridized carbons (Fsp3) is 0.474. The summed E-state index contributed by atoms with van der Waals surface area (Å²) >= 11 is 6.11. The summed E-state index contributed by atoms with van der Waals surface area (Å²) in [4.78, 5) is 12.4. The lowest BCUT2D eigenvalue weighted by Gasteiger charge is -2.18. The van der Waals surface area contributed by atoms with Crippen LogP contribution in [-0.4, -0.2) is 26.4 Å². The summed E-state index contributed by atoms with van der Waals surface area (Å²) in [5, 5.41) is 18.1. The number of aryl methyl sites for hydroxylation is 1. The van der Waals surface area contributed by atoms with E-state index in [9.17, 15) is 9.90 Å². The van der Waals surface area contributed by atoms with E-state index >= 15 is 0 Å². The molecule has 1 amide bonds. The summed E-state index contributed by atoms with van der Waals surface area (Å²) in [6.07, 6.45) is 0.267. The molecule has 25 heavy (non-hydrogen) atoms. The second-order valence-electron chi connectivity index (χ2n) is 7.10. The fourth-order valence-corrected chi connectivity index (χ4v) is 2.96. The van der Waals surface area contributed by atoms with Crippen LogP contribution in [0, 0.1) is 20.8 Å². The number of hydrogen-bond donors (Lipinski definition) is 2. The first-order chi connectivity index (χ1) is 11.6. The summed E-state index contributed by atoms with van der Waals surface area (Å²) in [7, 11) is 0. The smallest absolute Gasteiger partial charge is 0.224 e. The highest BCUT2D eigenvalue weighted by molar-refractivity contribution is 6.31. The summed E-state index contributed by atoms with van der Waals surface area (Å²) < 4.78 is 1.76. The summed E-state index contributed by atoms with van der Waals surface area (Å²) in [5.41, 5.74) is 3.77. The highest BCUT2D eigenvalue weighted by Gasteiger charge is 2.20. The fourth-order valence-electron chi connectivity index (χ4n) is 2.77. The van der Waals surface area contributed by atoms with Gasteiger partial charge in [-0.1, -0.05) is 23.7 Å². The molecular weight excluding hydrogens is 338 g/mol. The largest absolute Gasteiger partial charge is 0.389 e. The van der Waals surface area contributed by atoms with Crippen LogP contribution in [0.2, 0.25) is 5.02 Å². The number of hydrogen-bond acceptors (Lipinski definition) is 3. The van der Waals surface area contributed by atoms with Crippen LogP contribution in [0.25, 0.3) is 0 Å². The average Bonchev–Trinajstić information content (AvgIpc) is 2.74. The van der Waals surface area contributed by atoms with Gasteiger partial charge in [-0.25, -0.2) is 0 Å². The normalized spacial score (nSPS) is 11.6. The second-order valence-corrected chi connectivity index (χ2v) is 7.50. The first kappa shape index (κ1) is 19.5. The molecule has 6 heteroatoms. The van der Waals surface area contributed by atoms with Gasteiger partial charge in [0, 0.05) is 22.8 Å². The summed E-state index contributed by atoms with van der Waals surface area (Å²) in [6.45, 7) is 10.1. The Morgan fingerprint density at radius 3 is 2.64 bits per heavy atom. The van der Waals surface area contributed by atoms with Crippen molar-refractivity contribution in [2.45, 2.75) is 59.7 Å². The quantitative estimate of drug-likeness (QED) is 0.828. The Balaban J connectivity index is 2.04. The molecule has 0 unspecified atom stereocenters. The highest BCUT2D eigenvalue weighted by Crippen LogP contribution is 2.19. The molecule has 0 bridgehead atoms. The van der Waals surface area contributed by atoms with E-state index in [4.69, 9.17) is 11.6 Å². The van der Waals surface area contributed by atoms with Crippen LogP contribution in [0.1, 0.15) is 41.9 Å². The maximum atomic E-state index is 12.4. The molecule has 0 aliphatic carbocycles. The molecule has 0 atom stereocenters. The first-order valence-corrected chi connectivity index (χ1v) is 8.72. The number of carbonyl (C=O) groups is 1. The van der Waals surface area contributed by atoms with Crippen molar-refractivity contribution in [1.29, 1.82) is 0 Å².